The molecule has 0 aromatic carbocycles. The Morgan fingerprint density at radius 2 is 1.71 bits per heavy atom. The molecule has 1 rings (SSSR count). The largest absolute Gasteiger partial charge is 0.317 e. The first kappa shape index (κ1) is 14.9. The molecule has 0 aliphatic carbocycles. The molecule has 1 heterocycles. The molecular weight excluding hydrogens is 264 g/mol. The van der Waals surface area contributed by atoms with Crippen LogP contribution < -0.4 is 10.0 Å². The minimum atomic E-state index is -3.46. The van der Waals surface area contributed by atoms with Gasteiger partial charge in [-0.15, -0.1) is 0 Å². The van der Waals surface area contributed by atoms with E-state index in [0.717, 1.165) is 32.2 Å². The summed E-state index contributed by atoms with van der Waals surface area (Å²) in [7, 11) is -6.69. The predicted octanol–water partition coefficient (Wildman–Crippen LogP) is -1.05. The molecule has 0 unspecified atom stereocenters. The van der Waals surface area contributed by atoms with Crippen molar-refractivity contribution in [1.29, 1.82) is 0 Å². The third-order valence-corrected chi connectivity index (χ3v) is 5.33. The van der Waals surface area contributed by atoms with Crippen molar-refractivity contribution in [3.63, 3.8) is 0 Å². The second-order valence-electron chi connectivity index (χ2n) is 4.49. The van der Waals surface area contributed by atoms with Crippen LogP contribution in [0, 0.1) is 5.92 Å². The van der Waals surface area contributed by atoms with Crippen LogP contribution in [-0.4, -0.2) is 54.2 Å². The first-order valence-electron chi connectivity index (χ1n) is 5.64. The number of nitrogens with one attached hydrogen (secondary N) is 2. The van der Waals surface area contributed by atoms with E-state index >= 15 is 0 Å². The van der Waals surface area contributed by atoms with Crippen LogP contribution in [0.1, 0.15) is 12.8 Å². The molecule has 1 aliphatic rings. The summed E-state index contributed by atoms with van der Waals surface area (Å²) in [5.74, 6) is -0.324. The molecule has 2 N–H and O–H groups in total. The van der Waals surface area contributed by atoms with Crippen LogP contribution >= 0.6 is 0 Å². The van der Waals surface area contributed by atoms with Gasteiger partial charge in [-0.05, 0) is 31.8 Å². The zero-order chi connectivity index (χ0) is 12.9. The first-order chi connectivity index (χ1) is 7.79. The van der Waals surface area contributed by atoms with Crippen molar-refractivity contribution < 1.29 is 16.8 Å². The normalized spacial score (nSPS) is 19.4. The van der Waals surface area contributed by atoms with Gasteiger partial charge in [0.15, 0.2) is 0 Å². The fourth-order valence-electron chi connectivity index (χ4n) is 1.66. The zero-order valence-corrected chi connectivity index (χ0v) is 11.6. The van der Waals surface area contributed by atoms with Crippen molar-refractivity contribution >= 4 is 19.9 Å². The Kier molecular flexibility index (Phi) is 5.36. The van der Waals surface area contributed by atoms with E-state index in [4.69, 9.17) is 0 Å². The fourth-order valence-corrected chi connectivity index (χ4v) is 4.39. The molecule has 0 atom stereocenters. The highest BCUT2D eigenvalue weighted by Gasteiger charge is 2.18. The van der Waals surface area contributed by atoms with E-state index in [2.05, 4.69) is 10.0 Å². The summed E-state index contributed by atoms with van der Waals surface area (Å²) in [4.78, 5) is 0. The molecule has 6 nitrogen and oxygen atoms in total. The van der Waals surface area contributed by atoms with Gasteiger partial charge in [-0.25, -0.2) is 21.6 Å². The van der Waals surface area contributed by atoms with Crippen LogP contribution in [0.3, 0.4) is 0 Å². The van der Waals surface area contributed by atoms with Crippen LogP contribution in [0.2, 0.25) is 0 Å². The van der Waals surface area contributed by atoms with Crippen molar-refractivity contribution in [1.82, 2.24) is 10.0 Å². The highest BCUT2D eigenvalue weighted by atomic mass is 32.2. The molecule has 0 spiro atoms. The standard InChI is InChI=1S/C9H20N2O4S2/c1-16(12,13)6-7-17(14,15)11-8-9-2-4-10-5-3-9/h9-11H,2-8H2,1H3. The molecule has 0 aromatic heterocycles. The van der Waals surface area contributed by atoms with Gasteiger partial charge in [0.2, 0.25) is 10.0 Å². The Morgan fingerprint density at radius 3 is 2.24 bits per heavy atom. The molecule has 1 aliphatic heterocycles. The number of piperidine rings is 1. The maximum absolute atomic E-state index is 11.5. The topological polar surface area (TPSA) is 92.3 Å². The highest BCUT2D eigenvalue weighted by molar-refractivity contribution is 7.93. The van der Waals surface area contributed by atoms with Crippen LogP contribution in [0.25, 0.3) is 0 Å². The van der Waals surface area contributed by atoms with Gasteiger partial charge in [-0.3, -0.25) is 0 Å². The maximum Gasteiger partial charge on any atom is 0.212 e. The molecule has 1 saturated heterocycles. The van der Waals surface area contributed by atoms with Crippen molar-refractivity contribution in [2.24, 2.45) is 5.92 Å². The van der Waals surface area contributed by atoms with Gasteiger partial charge in [0, 0.05) is 12.8 Å². The third kappa shape index (κ3) is 6.97. The average molecular weight is 284 g/mol. The summed E-state index contributed by atoms with van der Waals surface area (Å²) in [5, 5.41) is 3.20. The molecular formula is C9H20N2O4S2. The molecule has 0 aromatic rings. The fraction of sp³-hybridized carbons (Fsp3) is 1.00. The summed E-state index contributed by atoms with van der Waals surface area (Å²) in [5.41, 5.74) is 0. The second kappa shape index (κ2) is 6.12. The van der Waals surface area contributed by atoms with E-state index in [0.29, 0.717) is 12.5 Å². The summed E-state index contributed by atoms with van der Waals surface area (Å²) < 4.78 is 47.3. The van der Waals surface area contributed by atoms with Gasteiger partial charge < -0.3 is 5.32 Å². The molecule has 0 amide bonds. The van der Waals surface area contributed by atoms with Gasteiger partial charge in [-0.1, -0.05) is 0 Å². The quantitative estimate of drug-likeness (QED) is 0.649. The maximum atomic E-state index is 11.5. The van der Waals surface area contributed by atoms with Crippen LogP contribution in [0.4, 0.5) is 0 Å². The van der Waals surface area contributed by atoms with E-state index in [-0.39, 0.29) is 11.5 Å². The van der Waals surface area contributed by atoms with Gasteiger partial charge in [0.05, 0.1) is 11.5 Å². The van der Waals surface area contributed by atoms with Crippen LogP contribution in [0.5, 0.6) is 0 Å². The number of rotatable bonds is 6. The van der Waals surface area contributed by atoms with Crippen molar-refractivity contribution in [3.8, 4) is 0 Å². The van der Waals surface area contributed by atoms with Crippen molar-refractivity contribution in [3.05, 3.63) is 0 Å². The Hall–Kier alpha value is -0.180. The smallest absolute Gasteiger partial charge is 0.212 e. The minimum absolute atomic E-state index is 0.325. The van der Waals surface area contributed by atoms with Gasteiger partial charge in [0.1, 0.15) is 9.84 Å². The van der Waals surface area contributed by atoms with E-state index < -0.39 is 19.9 Å². The molecule has 0 saturated carbocycles. The Bertz CT molecular complexity index is 424. The van der Waals surface area contributed by atoms with Crippen molar-refractivity contribution in [2.45, 2.75) is 12.8 Å². The summed E-state index contributed by atoms with van der Waals surface area (Å²) in [6, 6.07) is 0. The molecule has 1 fully saturated rings. The monoisotopic (exact) mass is 284 g/mol. The Morgan fingerprint density at radius 1 is 1.12 bits per heavy atom. The first-order valence-corrected chi connectivity index (χ1v) is 9.35. The molecule has 0 radical (unpaired) electrons. The Balaban J connectivity index is 2.33. The van der Waals surface area contributed by atoms with E-state index in [1.165, 1.54) is 0 Å². The highest BCUT2D eigenvalue weighted by Crippen LogP contribution is 2.10. The molecule has 102 valence electrons. The summed E-state index contributed by atoms with van der Waals surface area (Å²) in [6.07, 6.45) is 2.94. The van der Waals surface area contributed by atoms with Gasteiger partial charge in [-0.2, -0.15) is 0 Å². The molecule has 17 heavy (non-hydrogen) atoms. The lowest BCUT2D eigenvalue weighted by Gasteiger charge is -2.22. The molecule has 8 heteroatoms. The minimum Gasteiger partial charge on any atom is -0.317 e. The van der Waals surface area contributed by atoms with Gasteiger partial charge in [0.25, 0.3) is 0 Å². The van der Waals surface area contributed by atoms with E-state index in [1.54, 1.807) is 0 Å². The van der Waals surface area contributed by atoms with E-state index in [9.17, 15) is 16.8 Å². The second-order valence-corrected chi connectivity index (χ2v) is 8.68. The predicted molar refractivity (Wildman–Crippen MR) is 67.1 cm³/mol. The summed E-state index contributed by atoms with van der Waals surface area (Å²) >= 11 is 0. The van der Waals surface area contributed by atoms with E-state index in [1.807, 2.05) is 0 Å². The zero-order valence-electron chi connectivity index (χ0n) is 9.98. The number of sulfonamides is 1. The third-order valence-electron chi connectivity index (χ3n) is 2.77. The SMILES string of the molecule is CS(=O)(=O)CCS(=O)(=O)NCC1CCNCC1. The lowest BCUT2D eigenvalue weighted by molar-refractivity contribution is 0.372. The van der Waals surface area contributed by atoms with Gasteiger partial charge >= 0.3 is 0 Å². The lowest BCUT2D eigenvalue weighted by Crippen LogP contribution is -2.37. The number of hydrogen-bond donors (Lipinski definition) is 2. The average Bonchev–Trinajstić information content (AvgIpc) is 2.25. The van der Waals surface area contributed by atoms with Crippen molar-refractivity contribution in [2.75, 3.05) is 37.4 Å². The van der Waals surface area contributed by atoms with Crippen LogP contribution in [-0.2, 0) is 19.9 Å². The number of sulfone groups is 1. The lowest BCUT2D eigenvalue weighted by atomic mass is 9.99. The number of hydrogen-bond acceptors (Lipinski definition) is 5. The Labute approximate surface area is 103 Å². The van der Waals surface area contributed by atoms with Crippen LogP contribution in [0.15, 0.2) is 0 Å². The summed E-state index contributed by atoms with van der Waals surface area (Å²) in [6.45, 7) is 2.24. The molecule has 0 bridgehead atoms.